The molecule has 1 aromatic rings. The molecule has 0 unspecified atom stereocenters. The number of rotatable bonds is 5. The van der Waals surface area contributed by atoms with Gasteiger partial charge in [-0.1, -0.05) is 6.07 Å². The topological polar surface area (TPSA) is 35.9 Å². The summed E-state index contributed by atoms with van der Waals surface area (Å²) >= 11 is 0. The third-order valence-corrected chi connectivity index (χ3v) is 2.21. The summed E-state index contributed by atoms with van der Waals surface area (Å²) < 4.78 is 0. The average molecular weight is 233 g/mol. The smallest absolute Gasteiger partial charge is 0.240 e. The second kappa shape index (κ2) is 6.30. The zero-order valence-corrected chi connectivity index (χ0v) is 10.9. The van der Waals surface area contributed by atoms with E-state index in [1.54, 1.807) is 6.08 Å². The minimum Gasteiger partial charge on any atom is -0.305 e. The summed E-state index contributed by atoms with van der Waals surface area (Å²) in [6, 6.07) is 5.98. The third kappa shape index (κ3) is 4.91. The molecule has 0 spiro atoms. The van der Waals surface area contributed by atoms with E-state index in [0.717, 1.165) is 24.2 Å². The van der Waals surface area contributed by atoms with Gasteiger partial charge in [-0.3, -0.25) is 0 Å². The lowest BCUT2D eigenvalue weighted by Crippen LogP contribution is -2.13. The van der Waals surface area contributed by atoms with E-state index < -0.39 is 0 Å². The van der Waals surface area contributed by atoms with Crippen molar-refractivity contribution in [2.24, 2.45) is 4.99 Å². The molecular weight excluding hydrogens is 214 g/mol. The molecule has 17 heavy (non-hydrogen) atoms. The van der Waals surface area contributed by atoms with Crippen molar-refractivity contribution in [2.45, 2.75) is 13.1 Å². The molecule has 1 rings (SSSR count). The van der Waals surface area contributed by atoms with Gasteiger partial charge < -0.3 is 9.80 Å². The Morgan fingerprint density at radius 3 is 1.82 bits per heavy atom. The number of hydrogen-bond acceptors (Lipinski definition) is 4. The van der Waals surface area contributed by atoms with Gasteiger partial charge in [-0.2, -0.15) is 4.99 Å². The van der Waals surface area contributed by atoms with Gasteiger partial charge in [0.05, 0.1) is 5.69 Å². The maximum absolute atomic E-state index is 10.3. The summed E-state index contributed by atoms with van der Waals surface area (Å²) in [4.78, 5) is 18.2. The first-order chi connectivity index (χ1) is 8.01. The Morgan fingerprint density at radius 1 is 1.00 bits per heavy atom. The molecule has 0 amide bonds. The minimum absolute atomic E-state index is 0.677. The lowest BCUT2D eigenvalue weighted by atomic mass is 10.1. The maximum atomic E-state index is 10.3. The van der Waals surface area contributed by atoms with Crippen molar-refractivity contribution < 1.29 is 4.79 Å². The van der Waals surface area contributed by atoms with Crippen molar-refractivity contribution in [1.29, 1.82) is 0 Å². The molecule has 0 aliphatic rings. The molecule has 0 aliphatic carbocycles. The molecule has 0 saturated carbocycles. The summed E-state index contributed by atoms with van der Waals surface area (Å²) in [5.74, 6) is 0. The number of isocyanates is 1. The Morgan fingerprint density at radius 2 is 1.47 bits per heavy atom. The van der Waals surface area contributed by atoms with Crippen LogP contribution in [0.1, 0.15) is 11.1 Å². The van der Waals surface area contributed by atoms with E-state index in [2.05, 4.69) is 20.9 Å². The van der Waals surface area contributed by atoms with Crippen LogP contribution < -0.4 is 0 Å². The van der Waals surface area contributed by atoms with Crippen LogP contribution in [0.5, 0.6) is 0 Å². The number of carbonyl (C=O) groups excluding carboxylic acids is 1. The van der Waals surface area contributed by atoms with Crippen LogP contribution in [-0.4, -0.2) is 44.1 Å². The Kier molecular flexibility index (Phi) is 5.04. The Bertz CT molecular complexity index is 392. The molecule has 0 atom stereocenters. The molecule has 1 aromatic carbocycles. The highest BCUT2D eigenvalue weighted by Gasteiger charge is 2.03. The summed E-state index contributed by atoms with van der Waals surface area (Å²) in [5.41, 5.74) is 2.99. The zero-order chi connectivity index (χ0) is 12.8. The fraction of sp³-hybridized carbons (Fsp3) is 0.462. The predicted molar refractivity (Wildman–Crippen MR) is 69.0 cm³/mol. The molecule has 0 heterocycles. The first kappa shape index (κ1) is 13.6. The maximum Gasteiger partial charge on any atom is 0.240 e. The average Bonchev–Trinajstić information content (AvgIpc) is 2.14. The predicted octanol–water partition coefficient (Wildman–Crippen LogP) is 1.78. The second-order valence-corrected chi connectivity index (χ2v) is 4.69. The van der Waals surface area contributed by atoms with Gasteiger partial charge in [0.1, 0.15) is 0 Å². The fourth-order valence-electron chi connectivity index (χ4n) is 1.77. The zero-order valence-electron chi connectivity index (χ0n) is 10.9. The minimum atomic E-state index is 0.677. The van der Waals surface area contributed by atoms with Gasteiger partial charge in [-0.25, -0.2) is 4.79 Å². The molecule has 0 saturated heterocycles. The number of hydrogen-bond donors (Lipinski definition) is 0. The molecule has 0 aliphatic heterocycles. The van der Waals surface area contributed by atoms with Gasteiger partial charge in [0.2, 0.25) is 6.08 Å². The van der Waals surface area contributed by atoms with E-state index in [1.807, 2.05) is 40.3 Å². The normalized spacial score (nSPS) is 10.7. The largest absolute Gasteiger partial charge is 0.305 e. The van der Waals surface area contributed by atoms with Crippen LogP contribution in [0, 0.1) is 0 Å². The van der Waals surface area contributed by atoms with E-state index in [0.29, 0.717) is 5.69 Å². The summed E-state index contributed by atoms with van der Waals surface area (Å²) in [5, 5.41) is 0. The Hall–Kier alpha value is -1.48. The molecule has 4 nitrogen and oxygen atoms in total. The second-order valence-electron chi connectivity index (χ2n) is 4.69. The summed E-state index contributed by atoms with van der Waals surface area (Å²) in [7, 11) is 8.06. The lowest BCUT2D eigenvalue weighted by Gasteiger charge is -2.14. The van der Waals surface area contributed by atoms with Crippen molar-refractivity contribution >= 4 is 11.8 Å². The number of benzene rings is 1. The molecule has 4 heteroatoms. The lowest BCUT2D eigenvalue weighted by molar-refractivity contribution is 0.396. The van der Waals surface area contributed by atoms with Crippen LogP contribution >= 0.6 is 0 Å². The van der Waals surface area contributed by atoms with Gasteiger partial charge in [-0.15, -0.1) is 0 Å². The summed E-state index contributed by atoms with van der Waals surface area (Å²) in [6.45, 7) is 1.67. The van der Waals surface area contributed by atoms with Crippen LogP contribution in [0.25, 0.3) is 0 Å². The summed E-state index contributed by atoms with van der Waals surface area (Å²) in [6.07, 6.45) is 1.59. The van der Waals surface area contributed by atoms with E-state index in [9.17, 15) is 4.79 Å². The van der Waals surface area contributed by atoms with Crippen molar-refractivity contribution in [3.05, 3.63) is 29.3 Å². The number of aliphatic imine (C=N–C) groups is 1. The number of nitrogens with zero attached hydrogens (tertiary/aromatic N) is 3. The van der Waals surface area contributed by atoms with Crippen LogP contribution in [-0.2, 0) is 17.9 Å². The molecule has 92 valence electrons. The highest BCUT2D eigenvalue weighted by Crippen LogP contribution is 2.19. The van der Waals surface area contributed by atoms with E-state index >= 15 is 0 Å². The van der Waals surface area contributed by atoms with E-state index in [1.165, 1.54) is 0 Å². The van der Waals surface area contributed by atoms with Crippen molar-refractivity contribution in [1.82, 2.24) is 9.80 Å². The van der Waals surface area contributed by atoms with Gasteiger partial charge in [0.25, 0.3) is 0 Å². The molecule has 0 radical (unpaired) electrons. The molecule has 0 aromatic heterocycles. The first-order valence-electron chi connectivity index (χ1n) is 5.51. The SMILES string of the molecule is CN(C)Cc1cc(CN(C)C)cc(N=C=O)c1. The van der Waals surface area contributed by atoms with E-state index in [4.69, 9.17) is 0 Å². The monoisotopic (exact) mass is 233 g/mol. The van der Waals surface area contributed by atoms with Gasteiger partial charge in [0, 0.05) is 13.1 Å². The highest BCUT2D eigenvalue weighted by atomic mass is 16.1. The molecular formula is C13H19N3O. The van der Waals surface area contributed by atoms with Crippen LogP contribution in [0.4, 0.5) is 5.69 Å². The van der Waals surface area contributed by atoms with Gasteiger partial charge >= 0.3 is 0 Å². The molecule has 0 fully saturated rings. The Labute approximate surface area is 103 Å². The third-order valence-electron chi connectivity index (χ3n) is 2.21. The standard InChI is InChI=1S/C13H19N3O/c1-15(2)8-11-5-12(9-16(3)4)7-13(6-11)14-10-17/h5-7H,8-9H2,1-4H3. The highest BCUT2D eigenvalue weighted by molar-refractivity contribution is 5.51. The molecule has 0 bridgehead atoms. The van der Waals surface area contributed by atoms with Crippen LogP contribution in [0.15, 0.2) is 23.2 Å². The van der Waals surface area contributed by atoms with Crippen molar-refractivity contribution in [2.75, 3.05) is 28.2 Å². The molecule has 0 N–H and O–H groups in total. The van der Waals surface area contributed by atoms with Gasteiger partial charge in [0.15, 0.2) is 0 Å². The van der Waals surface area contributed by atoms with Crippen LogP contribution in [0.3, 0.4) is 0 Å². The van der Waals surface area contributed by atoms with Crippen molar-refractivity contribution in [3.8, 4) is 0 Å². The fourth-order valence-corrected chi connectivity index (χ4v) is 1.77. The first-order valence-corrected chi connectivity index (χ1v) is 5.51. The Balaban J connectivity index is 3.04. The van der Waals surface area contributed by atoms with E-state index in [-0.39, 0.29) is 0 Å². The van der Waals surface area contributed by atoms with Gasteiger partial charge in [-0.05, 0) is 51.5 Å². The van der Waals surface area contributed by atoms with Crippen LogP contribution in [0.2, 0.25) is 0 Å². The van der Waals surface area contributed by atoms with Crippen molar-refractivity contribution in [3.63, 3.8) is 0 Å². The quantitative estimate of drug-likeness (QED) is 0.574.